The summed E-state index contributed by atoms with van der Waals surface area (Å²) in [7, 11) is -0.900. The lowest BCUT2D eigenvalue weighted by molar-refractivity contribution is 0.0956. The summed E-state index contributed by atoms with van der Waals surface area (Å²) in [5.74, 6) is 0.576. The highest BCUT2D eigenvalue weighted by Crippen LogP contribution is 2.38. The Bertz CT molecular complexity index is 1280. The Hall–Kier alpha value is -2.93. The molecule has 2 heterocycles. The molecule has 10 heteroatoms. The number of amides is 1. The molecule has 4 rings (SSSR count). The number of halogens is 1. The van der Waals surface area contributed by atoms with E-state index in [0.717, 1.165) is 24.0 Å². The van der Waals surface area contributed by atoms with Crippen LogP contribution < -0.4 is 21.3 Å². The molecule has 0 atom stereocenters. The normalized spacial score (nSPS) is 13.6. The predicted octanol–water partition coefficient (Wildman–Crippen LogP) is 4.69. The highest BCUT2D eigenvalue weighted by molar-refractivity contribution is 7.70. The molecule has 178 valence electrons. The maximum absolute atomic E-state index is 12.7. The van der Waals surface area contributed by atoms with Gasteiger partial charge in [0.05, 0.1) is 18.5 Å². The Morgan fingerprint density at radius 3 is 2.74 bits per heavy atom. The number of hydrogen-bond acceptors (Lipinski definition) is 7. The number of hydrogen-bond donors (Lipinski definition) is 3. The van der Waals surface area contributed by atoms with Gasteiger partial charge in [-0.1, -0.05) is 29.8 Å². The van der Waals surface area contributed by atoms with Gasteiger partial charge in [-0.2, -0.15) is 4.98 Å². The van der Waals surface area contributed by atoms with Crippen molar-refractivity contribution in [2.75, 3.05) is 37.6 Å². The van der Waals surface area contributed by atoms with Gasteiger partial charge in [0.25, 0.3) is 5.91 Å². The zero-order valence-corrected chi connectivity index (χ0v) is 21.0. The minimum absolute atomic E-state index is 0.0981. The van der Waals surface area contributed by atoms with Crippen molar-refractivity contribution in [2.45, 2.75) is 19.4 Å². The first kappa shape index (κ1) is 24.2. The van der Waals surface area contributed by atoms with E-state index >= 15 is 0 Å². The number of ether oxygens (including phenoxy) is 1. The standard InChI is InChI=1S/C24H27ClN5O3P/c1-33-14-16-11-15-7-6-10-26-23(31)17(15)12-20(16)29-24-27-13-18(25)22(30-24)28-19-8-4-5-9-21(19)34(2,3)32/h4-5,8-9,11-13H,6-7,10,14H2,1-3H3,(H,26,31)(H2,27,28,29,30). The quantitative estimate of drug-likeness (QED) is 0.405. The third-order valence-electron chi connectivity index (χ3n) is 5.51. The molecule has 3 N–H and O–H groups in total. The molecule has 0 saturated carbocycles. The fraction of sp³-hybridized carbons (Fsp3) is 0.292. The molecule has 0 unspecified atom stereocenters. The Kier molecular flexibility index (Phi) is 7.22. The molecule has 0 fully saturated rings. The second-order valence-corrected chi connectivity index (χ2v) is 12.1. The van der Waals surface area contributed by atoms with Crippen LogP contribution in [0.2, 0.25) is 5.02 Å². The maximum Gasteiger partial charge on any atom is 0.251 e. The number of aromatic nitrogens is 2. The lowest BCUT2D eigenvalue weighted by Gasteiger charge is -2.17. The van der Waals surface area contributed by atoms with Crippen molar-refractivity contribution in [3.8, 4) is 0 Å². The van der Waals surface area contributed by atoms with Gasteiger partial charge in [0, 0.05) is 35.8 Å². The summed E-state index contributed by atoms with van der Waals surface area (Å²) in [5, 5.41) is 10.4. The number of fused-ring (bicyclic) bond motifs is 1. The van der Waals surface area contributed by atoms with Crippen molar-refractivity contribution in [3.63, 3.8) is 0 Å². The molecule has 1 aromatic heterocycles. The van der Waals surface area contributed by atoms with E-state index in [9.17, 15) is 9.36 Å². The lowest BCUT2D eigenvalue weighted by atomic mass is 9.99. The first-order chi connectivity index (χ1) is 16.3. The van der Waals surface area contributed by atoms with E-state index in [0.29, 0.717) is 52.2 Å². The van der Waals surface area contributed by atoms with Crippen LogP contribution in [0.3, 0.4) is 0 Å². The van der Waals surface area contributed by atoms with Gasteiger partial charge in [0.1, 0.15) is 12.2 Å². The predicted molar refractivity (Wildman–Crippen MR) is 137 cm³/mol. The van der Waals surface area contributed by atoms with Crippen molar-refractivity contribution in [1.82, 2.24) is 15.3 Å². The zero-order chi connectivity index (χ0) is 24.3. The number of carbonyl (C=O) groups excluding carboxylic acids is 1. The molecule has 1 aliphatic rings. The Labute approximate surface area is 203 Å². The van der Waals surface area contributed by atoms with E-state index in [-0.39, 0.29) is 5.91 Å². The van der Waals surface area contributed by atoms with E-state index in [1.807, 2.05) is 36.4 Å². The molecule has 0 spiro atoms. The topological polar surface area (TPSA) is 105 Å². The summed E-state index contributed by atoms with van der Waals surface area (Å²) >= 11 is 6.37. The van der Waals surface area contributed by atoms with E-state index in [1.54, 1.807) is 20.4 Å². The van der Waals surface area contributed by atoms with E-state index in [4.69, 9.17) is 16.3 Å². The molecular formula is C24H27ClN5O3P. The first-order valence-corrected chi connectivity index (χ1v) is 13.9. The largest absolute Gasteiger partial charge is 0.380 e. The van der Waals surface area contributed by atoms with Gasteiger partial charge in [-0.05, 0) is 49.9 Å². The molecule has 0 saturated heterocycles. The monoisotopic (exact) mass is 499 g/mol. The van der Waals surface area contributed by atoms with Crippen LogP contribution in [0.25, 0.3) is 0 Å². The summed E-state index contributed by atoms with van der Waals surface area (Å²) in [6.45, 7) is 4.45. The zero-order valence-electron chi connectivity index (χ0n) is 19.3. The number of rotatable bonds is 7. The van der Waals surface area contributed by atoms with Crippen LogP contribution in [-0.4, -0.2) is 42.9 Å². The number of carbonyl (C=O) groups is 1. The van der Waals surface area contributed by atoms with Crippen molar-refractivity contribution in [1.29, 1.82) is 0 Å². The first-order valence-electron chi connectivity index (χ1n) is 10.9. The number of anilines is 4. The van der Waals surface area contributed by atoms with Gasteiger partial charge in [-0.3, -0.25) is 4.79 Å². The van der Waals surface area contributed by atoms with Crippen molar-refractivity contribution >= 4 is 53.1 Å². The Balaban J connectivity index is 1.68. The van der Waals surface area contributed by atoms with Gasteiger partial charge >= 0.3 is 0 Å². The van der Waals surface area contributed by atoms with Crippen molar-refractivity contribution in [2.24, 2.45) is 0 Å². The molecule has 8 nitrogen and oxygen atoms in total. The highest BCUT2D eigenvalue weighted by atomic mass is 35.5. The number of para-hydroxylation sites is 1. The SMILES string of the molecule is COCc1cc2c(cc1Nc1ncc(Cl)c(Nc3ccccc3P(C)(C)=O)n1)C(=O)NCCC2. The van der Waals surface area contributed by atoms with Crippen LogP contribution in [-0.2, 0) is 22.3 Å². The van der Waals surface area contributed by atoms with E-state index < -0.39 is 7.14 Å². The van der Waals surface area contributed by atoms with Crippen molar-refractivity contribution < 1.29 is 14.1 Å². The van der Waals surface area contributed by atoms with Gasteiger partial charge in [-0.25, -0.2) is 4.98 Å². The number of methoxy groups -OCH3 is 1. The van der Waals surface area contributed by atoms with Crippen LogP contribution in [0.1, 0.15) is 27.9 Å². The molecule has 1 amide bonds. The summed E-state index contributed by atoms with van der Waals surface area (Å²) in [6, 6.07) is 11.2. The molecule has 34 heavy (non-hydrogen) atoms. The lowest BCUT2D eigenvalue weighted by Crippen LogP contribution is -2.22. The number of nitrogens with one attached hydrogen (secondary N) is 3. The smallest absolute Gasteiger partial charge is 0.251 e. The third-order valence-corrected chi connectivity index (χ3v) is 7.34. The average Bonchev–Trinajstić information content (AvgIpc) is 2.97. The number of nitrogens with zero attached hydrogens (tertiary/aromatic N) is 2. The summed E-state index contributed by atoms with van der Waals surface area (Å²) < 4.78 is 18.1. The summed E-state index contributed by atoms with van der Waals surface area (Å²) in [6.07, 6.45) is 3.19. The third kappa shape index (κ3) is 5.41. The van der Waals surface area contributed by atoms with Crippen LogP contribution >= 0.6 is 18.7 Å². The van der Waals surface area contributed by atoms with E-state index in [2.05, 4.69) is 25.9 Å². The molecular weight excluding hydrogens is 473 g/mol. The van der Waals surface area contributed by atoms with Gasteiger partial charge in [-0.15, -0.1) is 0 Å². The minimum Gasteiger partial charge on any atom is -0.380 e. The Morgan fingerprint density at radius 1 is 1.18 bits per heavy atom. The van der Waals surface area contributed by atoms with Gasteiger partial charge in [0.2, 0.25) is 5.95 Å². The number of benzene rings is 2. The average molecular weight is 500 g/mol. The maximum atomic E-state index is 12.7. The minimum atomic E-state index is -2.53. The molecule has 0 bridgehead atoms. The second kappa shape index (κ2) is 10.1. The summed E-state index contributed by atoms with van der Waals surface area (Å²) in [5.41, 5.74) is 3.87. The van der Waals surface area contributed by atoms with Crippen LogP contribution in [0, 0.1) is 0 Å². The van der Waals surface area contributed by atoms with Gasteiger partial charge in [0.15, 0.2) is 5.82 Å². The molecule has 1 aliphatic heterocycles. The highest BCUT2D eigenvalue weighted by Gasteiger charge is 2.20. The van der Waals surface area contributed by atoms with E-state index in [1.165, 1.54) is 6.20 Å². The van der Waals surface area contributed by atoms with Crippen LogP contribution in [0.4, 0.5) is 23.1 Å². The Morgan fingerprint density at radius 2 is 1.97 bits per heavy atom. The molecule has 2 aromatic carbocycles. The fourth-order valence-electron chi connectivity index (χ4n) is 3.89. The number of aryl methyl sites for hydroxylation is 1. The molecule has 0 aliphatic carbocycles. The van der Waals surface area contributed by atoms with Gasteiger partial charge < -0.3 is 25.3 Å². The summed E-state index contributed by atoms with van der Waals surface area (Å²) in [4.78, 5) is 21.4. The fourth-order valence-corrected chi connectivity index (χ4v) is 5.19. The molecule has 3 aromatic rings. The molecule has 0 radical (unpaired) electrons. The van der Waals surface area contributed by atoms with Crippen LogP contribution in [0.15, 0.2) is 42.6 Å². The van der Waals surface area contributed by atoms with Crippen molar-refractivity contribution in [3.05, 3.63) is 64.3 Å². The van der Waals surface area contributed by atoms with Crippen LogP contribution in [0.5, 0.6) is 0 Å². The second-order valence-electron chi connectivity index (χ2n) is 8.47.